The molecule has 0 bridgehead atoms. The van der Waals surface area contributed by atoms with Crippen molar-refractivity contribution in [3.8, 4) is 0 Å². The number of carbonyl (C=O) groups excluding carboxylic acids is 1. The minimum atomic E-state index is -3.81. The third-order valence-electron chi connectivity index (χ3n) is 3.34. The van der Waals surface area contributed by atoms with E-state index in [9.17, 15) is 13.2 Å². The Balaban J connectivity index is 2.04. The number of carbonyl (C=O) groups is 1. The van der Waals surface area contributed by atoms with Gasteiger partial charge in [0.2, 0.25) is 5.91 Å². The van der Waals surface area contributed by atoms with Crippen molar-refractivity contribution in [3.63, 3.8) is 0 Å². The summed E-state index contributed by atoms with van der Waals surface area (Å²) in [4.78, 5) is 11.9. The highest BCUT2D eigenvalue weighted by Crippen LogP contribution is 2.19. The van der Waals surface area contributed by atoms with Gasteiger partial charge in [-0.15, -0.1) is 0 Å². The molecule has 0 aliphatic heterocycles. The normalized spacial score (nSPS) is 18.4. The van der Waals surface area contributed by atoms with Crippen molar-refractivity contribution in [1.82, 2.24) is 15.1 Å². The van der Waals surface area contributed by atoms with Crippen LogP contribution >= 0.6 is 10.7 Å². The van der Waals surface area contributed by atoms with E-state index in [2.05, 4.69) is 10.4 Å². The molecule has 1 aliphatic carbocycles. The number of halogens is 1. The van der Waals surface area contributed by atoms with Gasteiger partial charge in [0.15, 0.2) is 0 Å². The molecule has 0 aromatic carbocycles. The standard InChI is InChI=1S/C11H16ClN3O3S/c1-8(11(16)14-9-4-2-3-5-9)15-7-10(6-13-15)19(12,17)18/h6-9H,2-5H2,1H3,(H,14,16). The van der Waals surface area contributed by atoms with E-state index < -0.39 is 15.1 Å². The van der Waals surface area contributed by atoms with Crippen molar-refractivity contribution in [1.29, 1.82) is 0 Å². The van der Waals surface area contributed by atoms with Gasteiger partial charge in [-0.05, 0) is 19.8 Å². The molecule has 1 aromatic rings. The molecule has 0 saturated heterocycles. The zero-order chi connectivity index (χ0) is 14.0. The fraction of sp³-hybridized carbons (Fsp3) is 0.636. The molecule has 0 spiro atoms. The molecular formula is C11H16ClN3O3S. The molecule has 1 atom stereocenters. The average Bonchev–Trinajstić information content (AvgIpc) is 2.97. The van der Waals surface area contributed by atoms with E-state index in [0.717, 1.165) is 31.9 Å². The lowest BCUT2D eigenvalue weighted by Gasteiger charge is -2.16. The second-order valence-corrected chi connectivity index (χ2v) is 7.33. The molecule has 1 aromatic heterocycles. The van der Waals surface area contributed by atoms with Crippen LogP contribution in [0.1, 0.15) is 38.6 Å². The molecule has 106 valence electrons. The molecule has 1 saturated carbocycles. The maximum atomic E-state index is 12.0. The van der Waals surface area contributed by atoms with Crippen LogP contribution in [0.15, 0.2) is 17.3 Å². The van der Waals surface area contributed by atoms with Crippen molar-refractivity contribution in [3.05, 3.63) is 12.4 Å². The second-order valence-electron chi connectivity index (χ2n) is 4.76. The van der Waals surface area contributed by atoms with Crippen LogP contribution in [0.25, 0.3) is 0 Å². The summed E-state index contributed by atoms with van der Waals surface area (Å²) in [6.07, 6.45) is 6.67. The summed E-state index contributed by atoms with van der Waals surface area (Å²) in [5, 5.41) is 6.81. The first-order chi connectivity index (χ1) is 8.88. The number of rotatable bonds is 4. The van der Waals surface area contributed by atoms with Gasteiger partial charge >= 0.3 is 0 Å². The van der Waals surface area contributed by atoms with Crippen molar-refractivity contribution >= 4 is 25.6 Å². The fourth-order valence-electron chi connectivity index (χ4n) is 2.17. The minimum Gasteiger partial charge on any atom is -0.352 e. The van der Waals surface area contributed by atoms with Crippen LogP contribution in [0.5, 0.6) is 0 Å². The lowest BCUT2D eigenvalue weighted by molar-refractivity contribution is -0.124. The van der Waals surface area contributed by atoms with E-state index in [1.54, 1.807) is 6.92 Å². The largest absolute Gasteiger partial charge is 0.352 e. The van der Waals surface area contributed by atoms with E-state index in [1.165, 1.54) is 10.9 Å². The molecule has 0 radical (unpaired) electrons. The number of hydrogen-bond acceptors (Lipinski definition) is 4. The Morgan fingerprint density at radius 3 is 2.68 bits per heavy atom. The molecule has 8 heteroatoms. The van der Waals surface area contributed by atoms with Crippen LogP contribution in [0.2, 0.25) is 0 Å². The van der Waals surface area contributed by atoms with E-state index in [-0.39, 0.29) is 16.8 Å². The molecule has 6 nitrogen and oxygen atoms in total. The zero-order valence-electron chi connectivity index (χ0n) is 10.5. The summed E-state index contributed by atoms with van der Waals surface area (Å²) >= 11 is 0. The Hall–Kier alpha value is -1.08. The molecule has 1 aliphatic rings. The Morgan fingerprint density at radius 1 is 1.53 bits per heavy atom. The summed E-state index contributed by atoms with van der Waals surface area (Å²) in [5.41, 5.74) is 0. The number of aromatic nitrogens is 2. The lowest BCUT2D eigenvalue weighted by Crippen LogP contribution is -2.37. The summed E-state index contributed by atoms with van der Waals surface area (Å²) in [6, 6.07) is -0.338. The zero-order valence-corrected chi connectivity index (χ0v) is 12.1. The summed E-state index contributed by atoms with van der Waals surface area (Å²) in [5.74, 6) is -0.159. The summed E-state index contributed by atoms with van der Waals surface area (Å²) in [7, 11) is 1.41. The summed E-state index contributed by atoms with van der Waals surface area (Å²) < 4.78 is 23.6. The van der Waals surface area contributed by atoms with Gasteiger partial charge in [0.05, 0.1) is 6.20 Å². The molecule has 1 fully saturated rings. The van der Waals surface area contributed by atoms with Crippen LogP contribution in [-0.4, -0.2) is 30.1 Å². The van der Waals surface area contributed by atoms with Gasteiger partial charge < -0.3 is 5.32 Å². The molecule has 1 N–H and O–H groups in total. The molecule has 1 amide bonds. The number of amides is 1. The number of hydrogen-bond donors (Lipinski definition) is 1. The topological polar surface area (TPSA) is 81.1 Å². The third-order valence-corrected chi connectivity index (χ3v) is 4.65. The van der Waals surface area contributed by atoms with Gasteiger partial charge in [0.25, 0.3) is 9.05 Å². The molecule has 1 unspecified atom stereocenters. The van der Waals surface area contributed by atoms with E-state index in [1.807, 2.05) is 0 Å². The van der Waals surface area contributed by atoms with Crippen LogP contribution < -0.4 is 5.32 Å². The lowest BCUT2D eigenvalue weighted by atomic mass is 10.2. The smallest absolute Gasteiger partial charge is 0.264 e. The van der Waals surface area contributed by atoms with Crippen molar-refractivity contribution < 1.29 is 13.2 Å². The van der Waals surface area contributed by atoms with Gasteiger partial charge in [-0.25, -0.2) is 8.42 Å². The molecule has 1 heterocycles. The van der Waals surface area contributed by atoms with E-state index in [4.69, 9.17) is 10.7 Å². The van der Waals surface area contributed by atoms with Crippen LogP contribution in [0, 0.1) is 0 Å². The highest BCUT2D eigenvalue weighted by Gasteiger charge is 2.23. The van der Waals surface area contributed by atoms with Crippen molar-refractivity contribution in [2.75, 3.05) is 0 Å². The highest BCUT2D eigenvalue weighted by atomic mass is 35.7. The molecule has 2 rings (SSSR count). The van der Waals surface area contributed by atoms with Crippen molar-refractivity contribution in [2.24, 2.45) is 0 Å². The molecule has 19 heavy (non-hydrogen) atoms. The van der Waals surface area contributed by atoms with Crippen LogP contribution in [0.4, 0.5) is 0 Å². The predicted molar refractivity (Wildman–Crippen MR) is 70.4 cm³/mol. The quantitative estimate of drug-likeness (QED) is 0.853. The SMILES string of the molecule is CC(C(=O)NC1CCCC1)n1cc(S(=O)(=O)Cl)cn1. The van der Waals surface area contributed by atoms with Crippen molar-refractivity contribution in [2.45, 2.75) is 49.6 Å². The van der Waals surface area contributed by atoms with Gasteiger partial charge in [-0.3, -0.25) is 9.48 Å². The van der Waals surface area contributed by atoms with Gasteiger partial charge in [0, 0.05) is 22.9 Å². The third kappa shape index (κ3) is 3.48. The van der Waals surface area contributed by atoms with Crippen LogP contribution in [0.3, 0.4) is 0 Å². The first kappa shape index (κ1) is 14.3. The first-order valence-corrected chi connectivity index (χ1v) is 8.48. The monoisotopic (exact) mass is 305 g/mol. The Kier molecular flexibility index (Phi) is 4.15. The Bertz CT molecular complexity index is 563. The fourth-order valence-corrected chi connectivity index (χ4v) is 2.82. The Morgan fingerprint density at radius 2 is 2.16 bits per heavy atom. The number of nitrogens with one attached hydrogen (secondary N) is 1. The van der Waals surface area contributed by atoms with Gasteiger partial charge in [-0.2, -0.15) is 5.10 Å². The van der Waals surface area contributed by atoms with E-state index in [0.29, 0.717) is 0 Å². The van der Waals surface area contributed by atoms with Gasteiger partial charge in [-0.1, -0.05) is 12.8 Å². The minimum absolute atomic E-state index is 0.102. The number of nitrogens with zero attached hydrogens (tertiary/aromatic N) is 2. The average molecular weight is 306 g/mol. The maximum Gasteiger partial charge on any atom is 0.264 e. The molecular weight excluding hydrogens is 290 g/mol. The highest BCUT2D eigenvalue weighted by molar-refractivity contribution is 8.13. The van der Waals surface area contributed by atoms with E-state index >= 15 is 0 Å². The van der Waals surface area contributed by atoms with Crippen LogP contribution in [-0.2, 0) is 13.8 Å². The van der Waals surface area contributed by atoms with Gasteiger partial charge in [0.1, 0.15) is 10.9 Å². The summed E-state index contributed by atoms with van der Waals surface area (Å²) in [6.45, 7) is 1.67. The second kappa shape index (κ2) is 5.50. The predicted octanol–water partition coefficient (Wildman–Crippen LogP) is 1.43. The first-order valence-electron chi connectivity index (χ1n) is 6.17. The Labute approximate surface area is 116 Å². The maximum absolute atomic E-state index is 12.0.